The summed E-state index contributed by atoms with van der Waals surface area (Å²) < 4.78 is 66.7. The molecular weight excluding hydrogens is 357 g/mol. The highest BCUT2D eigenvalue weighted by atomic mass is 19.2. The molecule has 3 rings (SSSR count). The second-order valence-corrected chi connectivity index (χ2v) is 5.65. The quantitative estimate of drug-likeness (QED) is 0.419. The smallest absolute Gasteiger partial charge is 0.225 e. The van der Waals surface area contributed by atoms with E-state index in [9.17, 15) is 26.7 Å². The van der Waals surface area contributed by atoms with E-state index in [2.05, 4.69) is 15.3 Å². The molecule has 0 aliphatic heterocycles. The van der Waals surface area contributed by atoms with Crippen LogP contribution in [0.1, 0.15) is 24.4 Å². The molecule has 0 saturated carbocycles. The first-order valence-corrected chi connectivity index (χ1v) is 7.54. The number of hydrogen-bond acceptors (Lipinski definition) is 2. The van der Waals surface area contributed by atoms with Crippen molar-refractivity contribution in [2.75, 3.05) is 0 Å². The van der Waals surface area contributed by atoms with Gasteiger partial charge in [0.2, 0.25) is 11.7 Å². The molecule has 2 aromatic carbocycles. The van der Waals surface area contributed by atoms with Gasteiger partial charge in [0.1, 0.15) is 5.82 Å². The second kappa shape index (κ2) is 6.74. The molecule has 0 aliphatic rings. The Morgan fingerprint density at radius 3 is 2.23 bits per heavy atom. The van der Waals surface area contributed by atoms with Crippen LogP contribution in [-0.2, 0) is 11.2 Å². The van der Waals surface area contributed by atoms with E-state index in [1.807, 2.05) is 0 Å². The number of para-hydroxylation sites is 2. The maximum atomic E-state index is 13.6. The first-order valence-electron chi connectivity index (χ1n) is 7.54. The standard InChI is InChI=1S/C17H12F5N3O/c1-7(17-24-9-4-2-3-5-10(9)25-17)23-11(26)6-8-12(18)14(20)16(22)15(21)13(8)19/h2-5,7H,6H2,1H3,(H,23,26)(H,24,25)/t7-/m1/s1. The Morgan fingerprint density at radius 1 is 1.04 bits per heavy atom. The van der Waals surface area contributed by atoms with Crippen molar-refractivity contribution in [3.05, 3.63) is 64.7 Å². The molecule has 1 atom stereocenters. The number of benzene rings is 2. The lowest BCUT2D eigenvalue weighted by atomic mass is 10.1. The Bertz CT molecular complexity index is 939. The van der Waals surface area contributed by atoms with Gasteiger partial charge < -0.3 is 10.3 Å². The van der Waals surface area contributed by atoms with Crippen LogP contribution in [0.4, 0.5) is 22.0 Å². The average molecular weight is 369 g/mol. The fourth-order valence-electron chi connectivity index (χ4n) is 2.50. The Labute approximate surface area is 144 Å². The molecule has 136 valence electrons. The molecule has 0 spiro atoms. The van der Waals surface area contributed by atoms with E-state index in [1.165, 1.54) is 0 Å². The molecule has 9 heteroatoms. The number of carbonyl (C=O) groups is 1. The minimum Gasteiger partial charge on any atom is -0.346 e. The van der Waals surface area contributed by atoms with Gasteiger partial charge in [-0.2, -0.15) is 0 Å². The predicted octanol–water partition coefficient (Wildman–Crippen LogP) is 3.68. The Hall–Kier alpha value is -2.97. The number of fused-ring (bicyclic) bond motifs is 1. The summed E-state index contributed by atoms with van der Waals surface area (Å²) in [6.45, 7) is 1.56. The van der Waals surface area contributed by atoms with Crippen molar-refractivity contribution in [1.29, 1.82) is 0 Å². The van der Waals surface area contributed by atoms with Gasteiger partial charge in [0.05, 0.1) is 23.5 Å². The van der Waals surface area contributed by atoms with Crippen molar-refractivity contribution in [3.63, 3.8) is 0 Å². The molecule has 1 heterocycles. The normalized spacial score (nSPS) is 12.4. The summed E-state index contributed by atoms with van der Waals surface area (Å²) in [7, 11) is 0. The zero-order chi connectivity index (χ0) is 19.0. The Morgan fingerprint density at radius 2 is 1.62 bits per heavy atom. The molecule has 26 heavy (non-hydrogen) atoms. The van der Waals surface area contributed by atoms with Crippen molar-refractivity contribution in [2.24, 2.45) is 0 Å². The third-order valence-electron chi connectivity index (χ3n) is 3.83. The minimum absolute atomic E-state index is 0.386. The lowest BCUT2D eigenvalue weighted by molar-refractivity contribution is -0.121. The highest BCUT2D eigenvalue weighted by Crippen LogP contribution is 2.23. The summed E-state index contributed by atoms with van der Waals surface area (Å²) in [5.74, 6) is -11.0. The molecule has 2 N–H and O–H groups in total. The van der Waals surface area contributed by atoms with Gasteiger partial charge in [0, 0.05) is 5.56 Å². The number of nitrogens with one attached hydrogen (secondary N) is 2. The van der Waals surface area contributed by atoms with Crippen LogP contribution in [0.3, 0.4) is 0 Å². The van der Waals surface area contributed by atoms with Crippen LogP contribution in [0, 0.1) is 29.1 Å². The van der Waals surface area contributed by atoms with E-state index < -0.39 is 53.0 Å². The van der Waals surface area contributed by atoms with Gasteiger partial charge >= 0.3 is 0 Å². The second-order valence-electron chi connectivity index (χ2n) is 5.65. The average Bonchev–Trinajstić information content (AvgIpc) is 3.06. The molecule has 0 aliphatic carbocycles. The summed E-state index contributed by atoms with van der Waals surface area (Å²) in [6.07, 6.45) is -1.00. The fraction of sp³-hybridized carbons (Fsp3) is 0.176. The van der Waals surface area contributed by atoms with Crippen LogP contribution < -0.4 is 5.32 Å². The number of aromatic amines is 1. The molecule has 0 saturated heterocycles. The summed E-state index contributed by atoms with van der Waals surface area (Å²) in [5, 5.41) is 2.41. The van der Waals surface area contributed by atoms with Gasteiger partial charge in [-0.05, 0) is 19.1 Å². The number of H-pyrrole nitrogens is 1. The molecule has 0 unspecified atom stereocenters. The van der Waals surface area contributed by atoms with E-state index in [-0.39, 0.29) is 0 Å². The molecule has 0 fully saturated rings. The summed E-state index contributed by atoms with van der Waals surface area (Å²) in [5.41, 5.74) is 0.197. The van der Waals surface area contributed by atoms with Crippen LogP contribution in [0.15, 0.2) is 24.3 Å². The number of amides is 1. The maximum absolute atomic E-state index is 13.6. The van der Waals surface area contributed by atoms with Crippen LogP contribution in [-0.4, -0.2) is 15.9 Å². The number of aromatic nitrogens is 2. The van der Waals surface area contributed by atoms with Crippen LogP contribution in [0.25, 0.3) is 11.0 Å². The topological polar surface area (TPSA) is 57.8 Å². The van der Waals surface area contributed by atoms with Crippen LogP contribution in [0.5, 0.6) is 0 Å². The van der Waals surface area contributed by atoms with E-state index in [4.69, 9.17) is 0 Å². The van der Waals surface area contributed by atoms with Crippen molar-refractivity contribution in [2.45, 2.75) is 19.4 Å². The Balaban J connectivity index is 1.79. The molecule has 3 aromatic rings. The molecule has 0 radical (unpaired) electrons. The molecule has 4 nitrogen and oxygen atoms in total. The largest absolute Gasteiger partial charge is 0.346 e. The van der Waals surface area contributed by atoms with Gasteiger partial charge in [-0.25, -0.2) is 26.9 Å². The molecule has 0 bridgehead atoms. The van der Waals surface area contributed by atoms with E-state index in [1.54, 1.807) is 31.2 Å². The maximum Gasteiger partial charge on any atom is 0.225 e. The number of halogens is 5. The fourth-order valence-corrected chi connectivity index (χ4v) is 2.50. The number of rotatable bonds is 4. The minimum atomic E-state index is -2.26. The van der Waals surface area contributed by atoms with Gasteiger partial charge in [0.15, 0.2) is 23.3 Å². The highest BCUT2D eigenvalue weighted by molar-refractivity contribution is 5.79. The zero-order valence-corrected chi connectivity index (χ0v) is 13.3. The summed E-state index contributed by atoms with van der Waals surface area (Å²) in [4.78, 5) is 19.2. The number of hydrogen-bond donors (Lipinski definition) is 2. The lowest BCUT2D eigenvalue weighted by Gasteiger charge is -2.13. The van der Waals surface area contributed by atoms with Gasteiger partial charge in [-0.3, -0.25) is 4.79 Å². The number of imidazole rings is 1. The van der Waals surface area contributed by atoms with Crippen molar-refractivity contribution >= 4 is 16.9 Å². The zero-order valence-electron chi connectivity index (χ0n) is 13.3. The third kappa shape index (κ3) is 3.12. The summed E-state index contributed by atoms with van der Waals surface area (Å²) >= 11 is 0. The van der Waals surface area contributed by atoms with Gasteiger partial charge in [0.25, 0.3) is 0 Å². The molecule has 1 aromatic heterocycles. The predicted molar refractivity (Wildman–Crippen MR) is 82.6 cm³/mol. The summed E-state index contributed by atoms with van der Waals surface area (Å²) in [6, 6.07) is 6.42. The lowest BCUT2D eigenvalue weighted by Crippen LogP contribution is -2.29. The van der Waals surface area contributed by atoms with Crippen molar-refractivity contribution in [3.8, 4) is 0 Å². The first kappa shape index (κ1) is 17.8. The first-order chi connectivity index (χ1) is 12.3. The van der Waals surface area contributed by atoms with Crippen LogP contribution >= 0.6 is 0 Å². The van der Waals surface area contributed by atoms with E-state index >= 15 is 0 Å². The molecular formula is C17H12F5N3O. The van der Waals surface area contributed by atoms with E-state index in [0.717, 1.165) is 5.52 Å². The number of nitrogens with zero attached hydrogens (tertiary/aromatic N) is 1. The SMILES string of the molecule is C[C@@H](NC(=O)Cc1c(F)c(F)c(F)c(F)c1F)c1nc2ccccc2[nH]1. The number of carbonyl (C=O) groups excluding carboxylic acids is 1. The monoisotopic (exact) mass is 369 g/mol. The Kier molecular flexibility index (Phi) is 4.62. The highest BCUT2D eigenvalue weighted by Gasteiger charge is 2.27. The van der Waals surface area contributed by atoms with Crippen LogP contribution in [0.2, 0.25) is 0 Å². The van der Waals surface area contributed by atoms with Gasteiger partial charge in [-0.15, -0.1) is 0 Å². The van der Waals surface area contributed by atoms with E-state index in [0.29, 0.717) is 11.3 Å². The third-order valence-corrected chi connectivity index (χ3v) is 3.83. The van der Waals surface area contributed by atoms with Crippen molar-refractivity contribution in [1.82, 2.24) is 15.3 Å². The van der Waals surface area contributed by atoms with Gasteiger partial charge in [-0.1, -0.05) is 12.1 Å². The molecule has 1 amide bonds. The van der Waals surface area contributed by atoms with Crippen molar-refractivity contribution < 1.29 is 26.7 Å².